The molecule has 5 atom stereocenters. The van der Waals surface area contributed by atoms with Crippen LogP contribution < -0.4 is 0 Å². The molecule has 1 aliphatic rings. The molecule has 0 aromatic heterocycles. The van der Waals surface area contributed by atoms with Gasteiger partial charge in [0.1, 0.15) is 18.3 Å². The summed E-state index contributed by atoms with van der Waals surface area (Å²) in [6, 6.07) is 9.49. The minimum absolute atomic E-state index is 0.280. The fourth-order valence-corrected chi connectivity index (χ4v) is 2.14. The molecule has 5 nitrogen and oxygen atoms in total. The normalized spacial score (nSPS) is 35.3. The number of rotatable bonds is 4. The van der Waals surface area contributed by atoms with Crippen molar-refractivity contribution in [3.63, 3.8) is 0 Å². The Bertz CT molecular complexity index is 381. The minimum atomic E-state index is -1.25. The number of aliphatic hydroxyl groups is 3. The van der Waals surface area contributed by atoms with Crippen molar-refractivity contribution >= 4 is 0 Å². The third kappa shape index (κ3) is 3.32. The minimum Gasteiger partial charge on any atom is -0.388 e. The van der Waals surface area contributed by atoms with Crippen molar-refractivity contribution < 1.29 is 24.8 Å². The van der Waals surface area contributed by atoms with Gasteiger partial charge in [0.15, 0.2) is 6.29 Å². The molecule has 0 bridgehead atoms. The summed E-state index contributed by atoms with van der Waals surface area (Å²) in [5.74, 6) is 0. The molecular formula is C14H20O5. The van der Waals surface area contributed by atoms with Crippen molar-refractivity contribution in [1.29, 1.82) is 0 Å². The first-order valence-electron chi connectivity index (χ1n) is 6.48. The lowest BCUT2D eigenvalue weighted by Crippen LogP contribution is -2.57. The smallest absolute Gasteiger partial charge is 0.186 e. The van der Waals surface area contributed by atoms with Gasteiger partial charge in [-0.3, -0.25) is 0 Å². The van der Waals surface area contributed by atoms with Gasteiger partial charge < -0.3 is 24.8 Å². The topological polar surface area (TPSA) is 79.2 Å². The Hall–Kier alpha value is -0.980. The van der Waals surface area contributed by atoms with Gasteiger partial charge in [-0.25, -0.2) is 0 Å². The molecule has 1 aromatic rings. The average Bonchev–Trinajstić information content (AvgIpc) is 2.45. The van der Waals surface area contributed by atoms with Crippen molar-refractivity contribution in [1.82, 2.24) is 0 Å². The Morgan fingerprint density at radius 2 is 1.74 bits per heavy atom. The first-order valence-corrected chi connectivity index (χ1v) is 6.48. The maximum atomic E-state index is 9.84. The van der Waals surface area contributed by atoms with Gasteiger partial charge in [-0.15, -0.1) is 0 Å². The van der Waals surface area contributed by atoms with Crippen LogP contribution in [-0.4, -0.2) is 46.0 Å². The summed E-state index contributed by atoms with van der Waals surface area (Å²) < 4.78 is 11.0. The van der Waals surface area contributed by atoms with E-state index >= 15 is 0 Å². The first kappa shape index (κ1) is 14.4. The molecule has 0 aliphatic carbocycles. The van der Waals surface area contributed by atoms with Gasteiger partial charge in [-0.05, 0) is 12.0 Å². The second-order valence-electron chi connectivity index (χ2n) is 4.72. The van der Waals surface area contributed by atoms with Crippen LogP contribution in [0.5, 0.6) is 0 Å². The molecule has 1 aromatic carbocycles. The van der Waals surface area contributed by atoms with E-state index in [0.29, 0.717) is 6.42 Å². The molecule has 3 N–H and O–H groups in total. The highest BCUT2D eigenvalue weighted by atomic mass is 16.7. The van der Waals surface area contributed by atoms with E-state index in [1.807, 2.05) is 37.3 Å². The van der Waals surface area contributed by atoms with Crippen LogP contribution in [0.25, 0.3) is 0 Å². The zero-order valence-corrected chi connectivity index (χ0v) is 10.8. The van der Waals surface area contributed by atoms with Gasteiger partial charge in [0.2, 0.25) is 0 Å². The van der Waals surface area contributed by atoms with Crippen molar-refractivity contribution in [3.05, 3.63) is 35.9 Å². The summed E-state index contributed by atoms with van der Waals surface area (Å²) in [6.45, 7) is 2.12. The lowest BCUT2D eigenvalue weighted by Gasteiger charge is -2.40. The summed E-state index contributed by atoms with van der Waals surface area (Å²) in [5, 5.41) is 29.3. The van der Waals surface area contributed by atoms with Gasteiger partial charge >= 0.3 is 0 Å². The van der Waals surface area contributed by atoms with Crippen LogP contribution in [0.2, 0.25) is 0 Å². The van der Waals surface area contributed by atoms with Crippen LogP contribution in [0.3, 0.4) is 0 Å². The number of hydrogen-bond donors (Lipinski definition) is 3. The Morgan fingerprint density at radius 1 is 1.05 bits per heavy atom. The molecule has 1 fully saturated rings. The monoisotopic (exact) mass is 268 g/mol. The van der Waals surface area contributed by atoms with Crippen molar-refractivity contribution in [2.75, 3.05) is 0 Å². The van der Waals surface area contributed by atoms with Gasteiger partial charge in [0.05, 0.1) is 12.7 Å². The van der Waals surface area contributed by atoms with Gasteiger partial charge in [-0.2, -0.15) is 0 Å². The molecule has 5 unspecified atom stereocenters. The second kappa shape index (κ2) is 6.45. The summed E-state index contributed by atoms with van der Waals surface area (Å²) in [7, 11) is 0. The molecular weight excluding hydrogens is 248 g/mol. The Labute approximate surface area is 112 Å². The standard InChI is InChI=1S/C14H20O5/c1-2-10-11(15)12(16)13(17)14(19-10)18-8-9-6-4-3-5-7-9/h3-7,10-17H,2,8H2,1H3. The lowest BCUT2D eigenvalue weighted by molar-refractivity contribution is -0.300. The van der Waals surface area contributed by atoms with Crippen molar-refractivity contribution in [2.24, 2.45) is 0 Å². The van der Waals surface area contributed by atoms with Crippen LogP contribution in [-0.2, 0) is 16.1 Å². The number of aliphatic hydroxyl groups excluding tert-OH is 3. The summed E-state index contributed by atoms with van der Waals surface area (Å²) in [5.41, 5.74) is 0.951. The van der Waals surface area contributed by atoms with E-state index in [4.69, 9.17) is 9.47 Å². The van der Waals surface area contributed by atoms with E-state index in [9.17, 15) is 15.3 Å². The third-order valence-electron chi connectivity index (χ3n) is 3.33. The summed E-state index contributed by atoms with van der Waals surface area (Å²) in [6.07, 6.45) is -4.50. The second-order valence-corrected chi connectivity index (χ2v) is 4.72. The summed E-state index contributed by atoms with van der Waals surface area (Å²) >= 11 is 0. The molecule has 0 saturated carbocycles. The van der Waals surface area contributed by atoms with Crippen LogP contribution in [0, 0.1) is 0 Å². The van der Waals surface area contributed by atoms with E-state index in [-0.39, 0.29) is 6.61 Å². The molecule has 1 heterocycles. The van der Waals surface area contributed by atoms with Crippen LogP contribution in [0.4, 0.5) is 0 Å². The highest BCUT2D eigenvalue weighted by Crippen LogP contribution is 2.24. The van der Waals surface area contributed by atoms with E-state index in [1.54, 1.807) is 0 Å². The van der Waals surface area contributed by atoms with Crippen molar-refractivity contribution in [2.45, 2.75) is 50.7 Å². The predicted octanol–water partition coefficient (Wildman–Crippen LogP) is 0.421. The summed E-state index contributed by atoms with van der Waals surface area (Å²) in [4.78, 5) is 0. The van der Waals surface area contributed by atoms with Crippen LogP contribution >= 0.6 is 0 Å². The molecule has 1 aliphatic heterocycles. The SMILES string of the molecule is CCC1OC(OCc2ccccc2)C(O)C(O)C1O. The number of ether oxygens (including phenoxy) is 2. The molecule has 19 heavy (non-hydrogen) atoms. The average molecular weight is 268 g/mol. The van der Waals surface area contributed by atoms with Crippen LogP contribution in [0.1, 0.15) is 18.9 Å². The Kier molecular flexibility index (Phi) is 4.90. The first-order chi connectivity index (χ1) is 9.13. The molecule has 1 saturated heterocycles. The maximum Gasteiger partial charge on any atom is 0.186 e. The fraction of sp³-hybridized carbons (Fsp3) is 0.571. The Morgan fingerprint density at radius 3 is 2.37 bits per heavy atom. The van der Waals surface area contributed by atoms with Gasteiger partial charge in [0, 0.05) is 0 Å². The van der Waals surface area contributed by atoms with Gasteiger partial charge in [0.25, 0.3) is 0 Å². The van der Waals surface area contributed by atoms with E-state index in [1.165, 1.54) is 0 Å². The largest absolute Gasteiger partial charge is 0.388 e. The third-order valence-corrected chi connectivity index (χ3v) is 3.33. The zero-order valence-electron chi connectivity index (χ0n) is 10.8. The van der Waals surface area contributed by atoms with E-state index < -0.39 is 30.7 Å². The maximum absolute atomic E-state index is 9.84. The Balaban J connectivity index is 1.95. The highest BCUT2D eigenvalue weighted by molar-refractivity contribution is 5.13. The number of benzene rings is 1. The molecule has 106 valence electrons. The molecule has 0 radical (unpaired) electrons. The molecule has 0 amide bonds. The highest BCUT2D eigenvalue weighted by Gasteiger charge is 2.43. The van der Waals surface area contributed by atoms with E-state index in [0.717, 1.165) is 5.56 Å². The van der Waals surface area contributed by atoms with Gasteiger partial charge in [-0.1, -0.05) is 37.3 Å². The van der Waals surface area contributed by atoms with Crippen molar-refractivity contribution in [3.8, 4) is 0 Å². The quantitative estimate of drug-likeness (QED) is 0.737. The molecule has 0 spiro atoms. The van der Waals surface area contributed by atoms with Crippen LogP contribution in [0.15, 0.2) is 30.3 Å². The molecule has 5 heteroatoms. The molecule has 2 rings (SSSR count). The van der Waals surface area contributed by atoms with E-state index in [2.05, 4.69) is 0 Å². The number of hydrogen-bond acceptors (Lipinski definition) is 5. The lowest BCUT2D eigenvalue weighted by atomic mass is 9.97. The fourth-order valence-electron chi connectivity index (χ4n) is 2.14. The predicted molar refractivity (Wildman–Crippen MR) is 68.2 cm³/mol. The zero-order chi connectivity index (χ0) is 13.8.